The molecule has 96 valence electrons. The molecule has 4 nitrogen and oxygen atoms in total. The summed E-state index contributed by atoms with van der Waals surface area (Å²) in [5.74, 6) is 1.90. The summed E-state index contributed by atoms with van der Waals surface area (Å²) in [6.07, 6.45) is 0. The van der Waals surface area contributed by atoms with Crippen molar-refractivity contribution in [1.29, 1.82) is 0 Å². The van der Waals surface area contributed by atoms with E-state index < -0.39 is 0 Å². The molecule has 0 bridgehead atoms. The van der Waals surface area contributed by atoms with Crippen LogP contribution in [0.2, 0.25) is 0 Å². The Morgan fingerprint density at radius 3 is 2.89 bits per heavy atom. The highest BCUT2D eigenvalue weighted by atomic mass is 16.5. The molecule has 0 fully saturated rings. The van der Waals surface area contributed by atoms with Crippen LogP contribution in [0.3, 0.4) is 0 Å². The zero-order valence-corrected chi connectivity index (χ0v) is 11.1. The smallest absolute Gasteiger partial charge is 0.240 e. The standard InChI is InChI=1S/C14H19N3O/c1-10(2)8-15-9-13-16-14(17-18-13)12-6-4-5-11(3)7-12/h4-7,10,15H,8-9H2,1-3H3. The predicted octanol–water partition coefficient (Wildman–Crippen LogP) is 2.79. The van der Waals surface area contributed by atoms with Crippen molar-refractivity contribution in [3.8, 4) is 11.4 Å². The van der Waals surface area contributed by atoms with E-state index in [1.54, 1.807) is 0 Å². The summed E-state index contributed by atoms with van der Waals surface area (Å²) < 4.78 is 5.22. The van der Waals surface area contributed by atoms with Crippen molar-refractivity contribution < 1.29 is 4.52 Å². The van der Waals surface area contributed by atoms with Crippen molar-refractivity contribution in [2.45, 2.75) is 27.3 Å². The molecular weight excluding hydrogens is 226 g/mol. The molecular formula is C14H19N3O. The van der Waals surface area contributed by atoms with Gasteiger partial charge in [-0.25, -0.2) is 0 Å². The number of hydrogen-bond acceptors (Lipinski definition) is 4. The van der Waals surface area contributed by atoms with Gasteiger partial charge in [0.1, 0.15) is 0 Å². The van der Waals surface area contributed by atoms with Crippen LogP contribution in [-0.2, 0) is 6.54 Å². The maximum atomic E-state index is 5.22. The van der Waals surface area contributed by atoms with Gasteiger partial charge in [0.15, 0.2) is 0 Å². The highest BCUT2D eigenvalue weighted by molar-refractivity contribution is 5.55. The number of nitrogens with zero attached hydrogens (tertiary/aromatic N) is 2. The molecule has 2 rings (SSSR count). The van der Waals surface area contributed by atoms with Crippen LogP contribution in [0.15, 0.2) is 28.8 Å². The third kappa shape index (κ3) is 3.40. The number of aryl methyl sites for hydroxylation is 1. The summed E-state index contributed by atoms with van der Waals surface area (Å²) in [5.41, 5.74) is 2.19. The summed E-state index contributed by atoms with van der Waals surface area (Å²) in [6.45, 7) is 7.95. The summed E-state index contributed by atoms with van der Waals surface area (Å²) >= 11 is 0. The fraction of sp³-hybridized carbons (Fsp3) is 0.429. The third-order valence-electron chi connectivity index (χ3n) is 2.57. The molecule has 0 unspecified atom stereocenters. The van der Waals surface area contributed by atoms with Crippen molar-refractivity contribution >= 4 is 0 Å². The van der Waals surface area contributed by atoms with Gasteiger partial charge >= 0.3 is 0 Å². The van der Waals surface area contributed by atoms with Crippen LogP contribution in [0.4, 0.5) is 0 Å². The zero-order valence-electron chi connectivity index (χ0n) is 11.1. The Balaban J connectivity index is 2.02. The molecule has 0 aliphatic carbocycles. The van der Waals surface area contributed by atoms with Crippen molar-refractivity contribution in [3.05, 3.63) is 35.7 Å². The van der Waals surface area contributed by atoms with E-state index in [1.807, 2.05) is 12.1 Å². The predicted molar refractivity (Wildman–Crippen MR) is 71.0 cm³/mol. The summed E-state index contributed by atoms with van der Waals surface area (Å²) in [4.78, 5) is 4.38. The molecule has 0 spiro atoms. The normalized spacial score (nSPS) is 11.1. The lowest BCUT2D eigenvalue weighted by Crippen LogP contribution is -2.19. The number of aromatic nitrogens is 2. The molecule has 0 atom stereocenters. The highest BCUT2D eigenvalue weighted by Gasteiger charge is 2.08. The van der Waals surface area contributed by atoms with E-state index in [0.717, 1.165) is 12.1 Å². The maximum Gasteiger partial charge on any atom is 0.240 e. The molecule has 0 radical (unpaired) electrons. The average Bonchev–Trinajstić information content (AvgIpc) is 2.77. The van der Waals surface area contributed by atoms with Gasteiger partial charge in [0.05, 0.1) is 6.54 Å². The second kappa shape index (κ2) is 5.78. The minimum Gasteiger partial charge on any atom is -0.338 e. The van der Waals surface area contributed by atoms with Gasteiger partial charge in [-0.05, 0) is 25.5 Å². The van der Waals surface area contributed by atoms with Gasteiger partial charge in [0.25, 0.3) is 0 Å². The Morgan fingerprint density at radius 1 is 1.33 bits per heavy atom. The maximum absolute atomic E-state index is 5.22. The van der Waals surface area contributed by atoms with E-state index in [-0.39, 0.29) is 0 Å². The third-order valence-corrected chi connectivity index (χ3v) is 2.57. The Kier molecular flexibility index (Phi) is 4.10. The number of benzene rings is 1. The fourth-order valence-electron chi connectivity index (χ4n) is 1.70. The number of nitrogens with one attached hydrogen (secondary N) is 1. The topological polar surface area (TPSA) is 51.0 Å². The van der Waals surface area contributed by atoms with Crippen LogP contribution < -0.4 is 5.32 Å². The van der Waals surface area contributed by atoms with Crippen LogP contribution in [0, 0.1) is 12.8 Å². The van der Waals surface area contributed by atoms with Gasteiger partial charge in [-0.15, -0.1) is 0 Å². The van der Waals surface area contributed by atoms with Crippen LogP contribution in [0.1, 0.15) is 25.3 Å². The largest absolute Gasteiger partial charge is 0.338 e. The molecule has 4 heteroatoms. The molecule has 18 heavy (non-hydrogen) atoms. The van der Waals surface area contributed by atoms with E-state index in [9.17, 15) is 0 Å². The summed E-state index contributed by atoms with van der Waals surface area (Å²) in [6, 6.07) is 8.09. The van der Waals surface area contributed by atoms with Crippen LogP contribution in [0.25, 0.3) is 11.4 Å². The Labute approximate surface area is 107 Å². The monoisotopic (exact) mass is 245 g/mol. The van der Waals surface area contributed by atoms with E-state index in [4.69, 9.17) is 4.52 Å². The molecule has 1 heterocycles. The molecule has 0 saturated carbocycles. The first-order chi connectivity index (χ1) is 8.65. The van der Waals surface area contributed by atoms with E-state index in [1.165, 1.54) is 5.56 Å². The van der Waals surface area contributed by atoms with E-state index >= 15 is 0 Å². The molecule has 0 amide bonds. The fourth-order valence-corrected chi connectivity index (χ4v) is 1.70. The summed E-state index contributed by atoms with van der Waals surface area (Å²) in [5, 5.41) is 7.28. The second-order valence-corrected chi connectivity index (χ2v) is 4.91. The van der Waals surface area contributed by atoms with E-state index in [2.05, 4.69) is 48.4 Å². The SMILES string of the molecule is Cc1cccc(-c2noc(CNCC(C)C)n2)c1. The van der Waals surface area contributed by atoms with Gasteiger partial charge in [0, 0.05) is 5.56 Å². The first-order valence-electron chi connectivity index (χ1n) is 6.25. The Hall–Kier alpha value is -1.68. The molecule has 0 aliphatic rings. The minimum atomic E-state index is 0.615. The quantitative estimate of drug-likeness (QED) is 0.880. The minimum absolute atomic E-state index is 0.615. The van der Waals surface area contributed by atoms with Gasteiger partial charge in [-0.3, -0.25) is 0 Å². The molecule has 1 aromatic carbocycles. The Bertz CT molecular complexity index is 505. The molecule has 2 aromatic rings. The second-order valence-electron chi connectivity index (χ2n) is 4.91. The van der Waals surface area contributed by atoms with E-state index in [0.29, 0.717) is 24.2 Å². The first-order valence-corrected chi connectivity index (χ1v) is 6.25. The molecule has 0 aliphatic heterocycles. The van der Waals surface area contributed by atoms with Crippen LogP contribution >= 0.6 is 0 Å². The van der Waals surface area contributed by atoms with Crippen LogP contribution in [-0.4, -0.2) is 16.7 Å². The van der Waals surface area contributed by atoms with Crippen molar-refractivity contribution in [2.24, 2.45) is 5.92 Å². The lowest BCUT2D eigenvalue weighted by Gasteiger charge is -2.03. The van der Waals surface area contributed by atoms with Gasteiger partial charge < -0.3 is 9.84 Å². The molecule has 1 aromatic heterocycles. The van der Waals surface area contributed by atoms with Gasteiger partial charge in [-0.1, -0.05) is 42.8 Å². The molecule has 0 saturated heterocycles. The van der Waals surface area contributed by atoms with Crippen molar-refractivity contribution in [1.82, 2.24) is 15.5 Å². The zero-order chi connectivity index (χ0) is 13.0. The average molecular weight is 245 g/mol. The lowest BCUT2D eigenvalue weighted by molar-refractivity contribution is 0.364. The lowest BCUT2D eigenvalue weighted by atomic mass is 10.1. The number of rotatable bonds is 5. The van der Waals surface area contributed by atoms with Gasteiger partial charge in [-0.2, -0.15) is 4.98 Å². The van der Waals surface area contributed by atoms with Gasteiger partial charge in [0.2, 0.25) is 11.7 Å². The first kappa shape index (κ1) is 12.8. The van der Waals surface area contributed by atoms with Crippen molar-refractivity contribution in [3.63, 3.8) is 0 Å². The summed E-state index contributed by atoms with van der Waals surface area (Å²) in [7, 11) is 0. The van der Waals surface area contributed by atoms with Crippen LogP contribution in [0.5, 0.6) is 0 Å². The molecule has 1 N–H and O–H groups in total. The highest BCUT2D eigenvalue weighted by Crippen LogP contribution is 2.16. The van der Waals surface area contributed by atoms with Crippen molar-refractivity contribution in [2.75, 3.05) is 6.54 Å². The Morgan fingerprint density at radius 2 is 2.17 bits per heavy atom. The number of hydrogen-bond donors (Lipinski definition) is 1.